The lowest BCUT2D eigenvalue weighted by molar-refractivity contribution is 0.437. The molecule has 0 saturated carbocycles. The van der Waals surface area contributed by atoms with Crippen LogP contribution in [0.5, 0.6) is 11.6 Å². The smallest absolute Gasteiger partial charge is 0.313 e. The molecule has 0 radical (unpaired) electrons. The van der Waals surface area contributed by atoms with Crippen LogP contribution in [0.15, 0.2) is 39.9 Å². The van der Waals surface area contributed by atoms with Crippen molar-refractivity contribution in [3.63, 3.8) is 0 Å². The summed E-state index contributed by atoms with van der Waals surface area (Å²) < 4.78 is 7.87. The van der Waals surface area contributed by atoms with Crippen molar-refractivity contribution >= 4 is 27.5 Å². The highest BCUT2D eigenvalue weighted by molar-refractivity contribution is 9.10. The van der Waals surface area contributed by atoms with Crippen molar-refractivity contribution in [3.8, 4) is 11.6 Å². The maximum Gasteiger partial charge on any atom is 0.313 e. The number of aromatic nitrogens is 2. The topological polar surface area (TPSA) is 44.1 Å². The lowest BCUT2D eigenvalue weighted by Crippen LogP contribution is -2.23. The first-order valence-corrected chi connectivity index (χ1v) is 6.86. The van der Waals surface area contributed by atoms with Gasteiger partial charge in [0.25, 0.3) is 5.88 Å². The van der Waals surface area contributed by atoms with Crippen LogP contribution in [0.2, 0.25) is 5.02 Å². The van der Waals surface area contributed by atoms with E-state index < -0.39 is 0 Å². The Hall–Kier alpha value is -1.33. The molecule has 0 bridgehead atoms. The maximum absolute atomic E-state index is 12.1. The molecule has 0 aliphatic heterocycles. The molecule has 19 heavy (non-hydrogen) atoms. The van der Waals surface area contributed by atoms with Gasteiger partial charge in [0.15, 0.2) is 0 Å². The Morgan fingerprint density at radius 1 is 1.42 bits per heavy atom. The van der Waals surface area contributed by atoms with Crippen molar-refractivity contribution in [2.75, 3.05) is 0 Å². The Bertz CT molecular complexity index is 655. The van der Waals surface area contributed by atoms with Crippen LogP contribution in [0.3, 0.4) is 0 Å². The first kappa shape index (κ1) is 14.1. The minimum absolute atomic E-state index is 0.0104. The van der Waals surface area contributed by atoms with Gasteiger partial charge in [0.2, 0.25) is 0 Å². The highest BCUT2D eigenvalue weighted by Crippen LogP contribution is 2.30. The second-order valence-electron chi connectivity index (χ2n) is 4.22. The van der Waals surface area contributed by atoms with Crippen molar-refractivity contribution in [2.24, 2.45) is 0 Å². The molecule has 0 aliphatic carbocycles. The Morgan fingerprint density at radius 3 is 2.84 bits per heavy atom. The van der Waals surface area contributed by atoms with E-state index in [4.69, 9.17) is 16.3 Å². The van der Waals surface area contributed by atoms with Crippen molar-refractivity contribution < 1.29 is 4.74 Å². The van der Waals surface area contributed by atoms with Crippen molar-refractivity contribution in [2.45, 2.75) is 19.9 Å². The molecule has 4 nitrogen and oxygen atoms in total. The highest BCUT2D eigenvalue weighted by Gasteiger charge is 2.11. The third-order valence-corrected chi connectivity index (χ3v) is 3.30. The number of rotatable bonds is 3. The van der Waals surface area contributed by atoms with Crippen molar-refractivity contribution in [1.82, 2.24) is 9.55 Å². The van der Waals surface area contributed by atoms with Gasteiger partial charge in [-0.15, -0.1) is 0 Å². The van der Waals surface area contributed by atoms with Crippen LogP contribution in [0.1, 0.15) is 19.9 Å². The van der Waals surface area contributed by atoms with Gasteiger partial charge in [-0.05, 0) is 32.0 Å². The van der Waals surface area contributed by atoms with Gasteiger partial charge in [0.05, 0.1) is 5.02 Å². The van der Waals surface area contributed by atoms with E-state index in [2.05, 4.69) is 20.9 Å². The highest BCUT2D eigenvalue weighted by atomic mass is 79.9. The predicted octanol–water partition coefficient (Wildman–Crippen LogP) is 4.03. The first-order chi connectivity index (χ1) is 8.99. The molecule has 0 unspecified atom stereocenters. The molecule has 0 N–H and O–H groups in total. The molecule has 1 heterocycles. The Balaban J connectivity index is 2.42. The second-order valence-corrected chi connectivity index (χ2v) is 5.54. The summed E-state index contributed by atoms with van der Waals surface area (Å²) in [5.74, 6) is 0.401. The van der Waals surface area contributed by atoms with E-state index in [-0.39, 0.29) is 17.5 Å². The number of hydrogen-bond acceptors (Lipinski definition) is 3. The molecule has 0 aliphatic rings. The van der Waals surface area contributed by atoms with Crippen LogP contribution in [0, 0.1) is 0 Å². The molecule has 0 amide bonds. The monoisotopic (exact) mass is 342 g/mol. The fourth-order valence-electron chi connectivity index (χ4n) is 1.54. The van der Waals surface area contributed by atoms with Gasteiger partial charge in [0.1, 0.15) is 5.75 Å². The van der Waals surface area contributed by atoms with Crippen LogP contribution < -0.4 is 10.3 Å². The van der Waals surface area contributed by atoms with Crippen LogP contribution in [0.4, 0.5) is 0 Å². The average molecular weight is 344 g/mol. The fourth-order valence-corrected chi connectivity index (χ4v) is 2.04. The van der Waals surface area contributed by atoms with E-state index in [0.717, 1.165) is 4.47 Å². The molecule has 0 fully saturated rings. The van der Waals surface area contributed by atoms with Crippen LogP contribution in [-0.2, 0) is 0 Å². The minimum atomic E-state index is -0.284. The lowest BCUT2D eigenvalue weighted by Gasteiger charge is -2.11. The molecule has 0 atom stereocenters. The second kappa shape index (κ2) is 5.75. The third-order valence-electron chi connectivity index (χ3n) is 2.49. The number of hydrogen-bond donors (Lipinski definition) is 0. The number of halogens is 2. The molecular weight excluding hydrogens is 332 g/mol. The van der Waals surface area contributed by atoms with E-state index >= 15 is 0 Å². The van der Waals surface area contributed by atoms with E-state index in [1.165, 1.54) is 6.20 Å². The molecule has 6 heteroatoms. The molecule has 0 saturated heterocycles. The summed E-state index contributed by atoms with van der Waals surface area (Å²) in [6.07, 6.45) is 3.16. The summed E-state index contributed by atoms with van der Waals surface area (Å²) in [5.41, 5.74) is -0.284. The molecule has 2 rings (SSSR count). The van der Waals surface area contributed by atoms with Gasteiger partial charge in [-0.1, -0.05) is 27.5 Å². The van der Waals surface area contributed by atoms with Gasteiger partial charge in [-0.25, -0.2) is 4.98 Å². The molecular formula is C13H12BrClN2O2. The van der Waals surface area contributed by atoms with E-state index in [9.17, 15) is 4.79 Å². The zero-order chi connectivity index (χ0) is 14.0. The summed E-state index contributed by atoms with van der Waals surface area (Å²) in [7, 11) is 0. The maximum atomic E-state index is 12.1. The fraction of sp³-hybridized carbons (Fsp3) is 0.231. The molecule has 1 aromatic heterocycles. The third kappa shape index (κ3) is 3.16. The quantitative estimate of drug-likeness (QED) is 0.845. The van der Waals surface area contributed by atoms with Gasteiger partial charge in [-0.3, -0.25) is 4.79 Å². The minimum Gasteiger partial charge on any atom is -0.433 e. The molecule has 100 valence electrons. The summed E-state index contributed by atoms with van der Waals surface area (Å²) in [5, 5.41) is 0.421. The van der Waals surface area contributed by atoms with Gasteiger partial charge >= 0.3 is 5.56 Å². The van der Waals surface area contributed by atoms with Crippen LogP contribution in [0.25, 0.3) is 0 Å². The standard InChI is InChI=1S/C13H12BrClN2O2/c1-8(2)17-6-5-16-12(13(17)18)19-11-7-9(14)3-4-10(11)15/h3-8H,1-2H3. The average Bonchev–Trinajstić information content (AvgIpc) is 2.36. The molecule has 2 aromatic rings. The normalized spacial score (nSPS) is 10.8. The summed E-state index contributed by atoms with van der Waals surface area (Å²) in [6.45, 7) is 3.83. The van der Waals surface area contributed by atoms with Gasteiger partial charge in [-0.2, -0.15) is 0 Å². The molecule has 1 aromatic carbocycles. The van der Waals surface area contributed by atoms with Gasteiger partial charge in [0, 0.05) is 22.9 Å². The zero-order valence-electron chi connectivity index (χ0n) is 10.4. The predicted molar refractivity (Wildman–Crippen MR) is 78.1 cm³/mol. The zero-order valence-corrected chi connectivity index (χ0v) is 12.8. The number of benzene rings is 1. The largest absolute Gasteiger partial charge is 0.433 e. The van der Waals surface area contributed by atoms with E-state index in [1.807, 2.05) is 13.8 Å². The summed E-state index contributed by atoms with van der Waals surface area (Å²) in [6, 6.07) is 5.21. The lowest BCUT2D eigenvalue weighted by atomic mass is 10.3. The van der Waals surface area contributed by atoms with E-state index in [0.29, 0.717) is 10.8 Å². The number of nitrogens with zero attached hydrogens (tertiary/aromatic N) is 2. The summed E-state index contributed by atoms with van der Waals surface area (Å²) in [4.78, 5) is 16.1. The Kier molecular flexibility index (Phi) is 4.27. The van der Waals surface area contributed by atoms with Crippen LogP contribution >= 0.6 is 27.5 Å². The Morgan fingerprint density at radius 2 is 2.16 bits per heavy atom. The van der Waals surface area contributed by atoms with Crippen LogP contribution in [-0.4, -0.2) is 9.55 Å². The summed E-state index contributed by atoms with van der Waals surface area (Å²) >= 11 is 9.34. The van der Waals surface area contributed by atoms with Crippen molar-refractivity contribution in [3.05, 3.63) is 50.4 Å². The first-order valence-electron chi connectivity index (χ1n) is 5.69. The Labute approximate surface area is 124 Å². The van der Waals surface area contributed by atoms with Gasteiger partial charge < -0.3 is 9.30 Å². The molecule has 0 spiro atoms. The number of ether oxygens (including phenoxy) is 1. The SMILES string of the molecule is CC(C)n1ccnc(Oc2cc(Br)ccc2Cl)c1=O. The van der Waals surface area contributed by atoms with Crippen molar-refractivity contribution in [1.29, 1.82) is 0 Å². The van der Waals surface area contributed by atoms with E-state index in [1.54, 1.807) is 29.0 Å².